The van der Waals surface area contributed by atoms with E-state index in [0.717, 1.165) is 18.4 Å². The van der Waals surface area contributed by atoms with E-state index in [1.165, 1.54) is 5.56 Å². The minimum atomic E-state index is -0.797. The number of aryl methyl sites for hydroxylation is 1. The summed E-state index contributed by atoms with van der Waals surface area (Å²) >= 11 is 0. The average Bonchev–Trinajstić information content (AvgIpc) is 2.39. The Balaban J connectivity index is 2.96. The Hall–Kier alpha value is -0.900. The van der Waals surface area contributed by atoms with Crippen LogP contribution in [0.25, 0.3) is 0 Å². The number of benzene rings is 1. The molecule has 0 atom stereocenters. The Morgan fingerprint density at radius 3 is 1.94 bits per heavy atom. The third-order valence-corrected chi connectivity index (χ3v) is 2.96. The predicted molar refractivity (Wildman–Crippen MR) is 74.4 cm³/mol. The molecule has 0 unspecified atom stereocenters. The van der Waals surface area contributed by atoms with E-state index < -0.39 is 5.79 Å². The van der Waals surface area contributed by atoms with Crippen LogP contribution >= 0.6 is 0 Å². The normalized spacial score (nSPS) is 11.8. The standard InChI is InChI=1S/C15H25NO2/c1-4-7-13-8-10-14(11-9-13)15(12-16,17-5-2)18-6-3/h8-11H,4-7,12,16H2,1-3H3. The second kappa shape index (κ2) is 7.52. The fraction of sp³-hybridized carbons (Fsp3) is 0.600. The van der Waals surface area contributed by atoms with Crippen molar-refractivity contribution in [1.29, 1.82) is 0 Å². The topological polar surface area (TPSA) is 44.5 Å². The Labute approximate surface area is 110 Å². The van der Waals surface area contributed by atoms with E-state index in [1.807, 2.05) is 13.8 Å². The SMILES string of the molecule is CCCc1ccc(C(CN)(OCC)OCC)cc1. The molecule has 0 saturated carbocycles. The predicted octanol–water partition coefficient (Wildman–Crippen LogP) is 2.82. The van der Waals surface area contributed by atoms with Crippen molar-refractivity contribution < 1.29 is 9.47 Å². The molecule has 1 rings (SSSR count). The summed E-state index contributed by atoms with van der Waals surface area (Å²) in [7, 11) is 0. The molecule has 0 aliphatic heterocycles. The van der Waals surface area contributed by atoms with Gasteiger partial charge in [-0.3, -0.25) is 0 Å². The molecule has 0 fully saturated rings. The lowest BCUT2D eigenvalue weighted by Gasteiger charge is -2.32. The van der Waals surface area contributed by atoms with Crippen LogP contribution in [-0.4, -0.2) is 19.8 Å². The van der Waals surface area contributed by atoms with E-state index in [9.17, 15) is 0 Å². The summed E-state index contributed by atoms with van der Waals surface area (Å²) in [6, 6.07) is 8.37. The van der Waals surface area contributed by atoms with Gasteiger partial charge >= 0.3 is 0 Å². The zero-order valence-electron chi connectivity index (χ0n) is 11.7. The van der Waals surface area contributed by atoms with Crippen LogP contribution in [0.15, 0.2) is 24.3 Å². The number of ether oxygens (including phenoxy) is 2. The first-order valence-corrected chi connectivity index (χ1v) is 6.79. The number of hydrogen-bond acceptors (Lipinski definition) is 3. The van der Waals surface area contributed by atoms with Crippen LogP contribution < -0.4 is 5.73 Å². The van der Waals surface area contributed by atoms with Gasteiger partial charge in [-0.2, -0.15) is 0 Å². The van der Waals surface area contributed by atoms with Gasteiger partial charge in [-0.05, 0) is 25.8 Å². The molecule has 1 aromatic carbocycles. The van der Waals surface area contributed by atoms with E-state index in [2.05, 4.69) is 31.2 Å². The Bertz CT molecular complexity index is 329. The molecule has 0 bridgehead atoms. The monoisotopic (exact) mass is 251 g/mol. The highest BCUT2D eigenvalue weighted by Crippen LogP contribution is 2.27. The van der Waals surface area contributed by atoms with Crippen molar-refractivity contribution in [3.63, 3.8) is 0 Å². The fourth-order valence-corrected chi connectivity index (χ4v) is 2.12. The fourth-order valence-electron chi connectivity index (χ4n) is 2.12. The first-order valence-electron chi connectivity index (χ1n) is 6.79. The molecule has 0 heterocycles. The van der Waals surface area contributed by atoms with E-state index in [-0.39, 0.29) is 0 Å². The zero-order chi connectivity index (χ0) is 13.4. The summed E-state index contributed by atoms with van der Waals surface area (Å²) in [5.74, 6) is -0.797. The minimum Gasteiger partial charge on any atom is -0.345 e. The molecule has 0 spiro atoms. The van der Waals surface area contributed by atoms with Crippen molar-refractivity contribution in [3.8, 4) is 0 Å². The van der Waals surface area contributed by atoms with Crippen molar-refractivity contribution in [2.24, 2.45) is 5.73 Å². The largest absolute Gasteiger partial charge is 0.345 e. The molecule has 0 radical (unpaired) electrons. The van der Waals surface area contributed by atoms with Gasteiger partial charge in [0.15, 0.2) is 0 Å². The Kier molecular flexibility index (Phi) is 6.33. The molecule has 0 aromatic heterocycles. The molecular formula is C15H25NO2. The summed E-state index contributed by atoms with van der Waals surface area (Å²) in [5.41, 5.74) is 8.19. The summed E-state index contributed by atoms with van der Waals surface area (Å²) in [4.78, 5) is 0. The first-order chi connectivity index (χ1) is 8.72. The van der Waals surface area contributed by atoms with Crippen LogP contribution in [0, 0.1) is 0 Å². The van der Waals surface area contributed by atoms with E-state index in [1.54, 1.807) is 0 Å². The molecule has 0 saturated heterocycles. The maximum atomic E-state index is 5.86. The molecule has 0 aliphatic rings. The van der Waals surface area contributed by atoms with E-state index in [4.69, 9.17) is 15.2 Å². The summed E-state index contributed by atoms with van der Waals surface area (Å²) in [6.45, 7) is 7.56. The van der Waals surface area contributed by atoms with Crippen molar-refractivity contribution in [2.45, 2.75) is 39.4 Å². The molecule has 102 valence electrons. The maximum Gasteiger partial charge on any atom is 0.207 e. The Morgan fingerprint density at radius 1 is 1.00 bits per heavy atom. The highest BCUT2D eigenvalue weighted by Gasteiger charge is 2.32. The van der Waals surface area contributed by atoms with Crippen molar-refractivity contribution in [1.82, 2.24) is 0 Å². The highest BCUT2D eigenvalue weighted by molar-refractivity contribution is 5.26. The molecule has 3 heteroatoms. The third-order valence-electron chi connectivity index (χ3n) is 2.96. The molecule has 18 heavy (non-hydrogen) atoms. The minimum absolute atomic E-state index is 0.321. The second-order valence-electron chi connectivity index (χ2n) is 4.27. The maximum absolute atomic E-state index is 5.86. The van der Waals surface area contributed by atoms with E-state index >= 15 is 0 Å². The summed E-state index contributed by atoms with van der Waals surface area (Å²) in [5, 5.41) is 0. The Morgan fingerprint density at radius 2 is 1.56 bits per heavy atom. The van der Waals surface area contributed by atoms with Crippen LogP contribution in [-0.2, 0) is 21.7 Å². The van der Waals surface area contributed by atoms with Gasteiger partial charge in [-0.15, -0.1) is 0 Å². The second-order valence-corrected chi connectivity index (χ2v) is 4.27. The quantitative estimate of drug-likeness (QED) is 0.723. The highest BCUT2D eigenvalue weighted by atomic mass is 16.7. The lowest BCUT2D eigenvalue weighted by atomic mass is 10.0. The number of rotatable bonds is 8. The first kappa shape index (κ1) is 15.2. The third kappa shape index (κ3) is 3.55. The summed E-state index contributed by atoms with van der Waals surface area (Å²) < 4.78 is 11.5. The van der Waals surface area contributed by atoms with Crippen LogP contribution in [0.3, 0.4) is 0 Å². The smallest absolute Gasteiger partial charge is 0.207 e. The van der Waals surface area contributed by atoms with Crippen LogP contribution in [0.4, 0.5) is 0 Å². The molecule has 3 nitrogen and oxygen atoms in total. The van der Waals surface area contributed by atoms with Crippen molar-refractivity contribution in [2.75, 3.05) is 19.8 Å². The van der Waals surface area contributed by atoms with Gasteiger partial charge in [0.2, 0.25) is 5.79 Å². The van der Waals surface area contributed by atoms with Gasteiger partial charge in [0, 0.05) is 18.8 Å². The van der Waals surface area contributed by atoms with Crippen LogP contribution in [0.5, 0.6) is 0 Å². The molecule has 0 amide bonds. The number of nitrogens with two attached hydrogens (primary N) is 1. The van der Waals surface area contributed by atoms with Crippen molar-refractivity contribution in [3.05, 3.63) is 35.4 Å². The molecular weight excluding hydrogens is 226 g/mol. The molecule has 1 aromatic rings. The van der Waals surface area contributed by atoms with Gasteiger partial charge in [0.05, 0.1) is 6.54 Å². The van der Waals surface area contributed by atoms with Gasteiger partial charge in [0.1, 0.15) is 0 Å². The zero-order valence-corrected chi connectivity index (χ0v) is 11.7. The lowest BCUT2D eigenvalue weighted by Crippen LogP contribution is -2.41. The van der Waals surface area contributed by atoms with Crippen LogP contribution in [0.1, 0.15) is 38.3 Å². The average molecular weight is 251 g/mol. The van der Waals surface area contributed by atoms with Gasteiger partial charge in [0.25, 0.3) is 0 Å². The van der Waals surface area contributed by atoms with Gasteiger partial charge in [-0.1, -0.05) is 37.6 Å². The van der Waals surface area contributed by atoms with Gasteiger partial charge in [-0.25, -0.2) is 0 Å². The van der Waals surface area contributed by atoms with Crippen LogP contribution in [0.2, 0.25) is 0 Å². The number of hydrogen-bond donors (Lipinski definition) is 1. The van der Waals surface area contributed by atoms with Gasteiger partial charge < -0.3 is 15.2 Å². The lowest BCUT2D eigenvalue weighted by molar-refractivity contribution is -0.235. The molecule has 2 N–H and O–H groups in total. The van der Waals surface area contributed by atoms with Crippen molar-refractivity contribution >= 4 is 0 Å². The summed E-state index contributed by atoms with van der Waals surface area (Å²) in [6.07, 6.45) is 2.25. The van der Waals surface area contributed by atoms with E-state index in [0.29, 0.717) is 19.8 Å². The molecule has 0 aliphatic carbocycles.